The second kappa shape index (κ2) is 4.66. The van der Waals surface area contributed by atoms with E-state index >= 15 is 0 Å². The first-order valence-corrected chi connectivity index (χ1v) is 6.16. The van der Waals surface area contributed by atoms with Crippen molar-refractivity contribution in [1.82, 2.24) is 0 Å². The van der Waals surface area contributed by atoms with Crippen molar-refractivity contribution < 1.29 is 4.39 Å². The fourth-order valence-electron chi connectivity index (χ4n) is 1.59. The normalized spacial score (nSPS) is 12.4. The lowest BCUT2D eigenvalue weighted by molar-refractivity contribution is 0.627. The zero-order chi connectivity index (χ0) is 11.5. The molecule has 0 aliphatic rings. The number of halogens is 1. The van der Waals surface area contributed by atoms with Gasteiger partial charge in [0.25, 0.3) is 0 Å². The molecule has 84 valence electrons. The minimum atomic E-state index is -0.203. The summed E-state index contributed by atoms with van der Waals surface area (Å²) in [6.45, 7) is 4.05. The molecule has 0 bridgehead atoms. The number of benzene rings is 1. The van der Waals surface area contributed by atoms with Crippen molar-refractivity contribution in [2.45, 2.75) is 19.9 Å². The van der Waals surface area contributed by atoms with E-state index in [0.717, 1.165) is 11.3 Å². The molecule has 1 unspecified atom stereocenters. The van der Waals surface area contributed by atoms with Gasteiger partial charge >= 0.3 is 0 Å². The minimum absolute atomic E-state index is 0.201. The van der Waals surface area contributed by atoms with Crippen LogP contribution in [0.3, 0.4) is 0 Å². The Labute approximate surface area is 98.9 Å². The van der Waals surface area contributed by atoms with Crippen molar-refractivity contribution >= 4 is 17.0 Å². The van der Waals surface area contributed by atoms with Gasteiger partial charge in [-0.15, -0.1) is 0 Å². The number of thiophene rings is 1. The highest BCUT2D eigenvalue weighted by molar-refractivity contribution is 7.07. The first-order valence-electron chi connectivity index (χ1n) is 5.21. The number of hydrogen-bond donors (Lipinski definition) is 1. The smallest absolute Gasteiger partial charge is 0.125 e. The van der Waals surface area contributed by atoms with E-state index in [0.29, 0.717) is 0 Å². The van der Waals surface area contributed by atoms with E-state index in [1.165, 1.54) is 17.7 Å². The summed E-state index contributed by atoms with van der Waals surface area (Å²) < 4.78 is 13.1. The zero-order valence-electron chi connectivity index (χ0n) is 9.33. The first-order chi connectivity index (χ1) is 7.66. The first kappa shape index (κ1) is 11.1. The SMILES string of the molecule is Cc1ccc(F)cc1NC(C)c1ccsc1. The van der Waals surface area contributed by atoms with Gasteiger partial charge in [0.15, 0.2) is 0 Å². The van der Waals surface area contributed by atoms with Crippen LogP contribution in [-0.2, 0) is 0 Å². The average Bonchev–Trinajstić information content (AvgIpc) is 2.76. The highest BCUT2D eigenvalue weighted by Gasteiger charge is 2.07. The molecule has 0 saturated carbocycles. The number of hydrogen-bond acceptors (Lipinski definition) is 2. The van der Waals surface area contributed by atoms with Crippen molar-refractivity contribution in [2.24, 2.45) is 0 Å². The van der Waals surface area contributed by atoms with Crippen LogP contribution >= 0.6 is 11.3 Å². The van der Waals surface area contributed by atoms with Gasteiger partial charge in [0.05, 0.1) is 0 Å². The van der Waals surface area contributed by atoms with Crippen LogP contribution in [0.15, 0.2) is 35.0 Å². The van der Waals surface area contributed by atoms with Crippen molar-refractivity contribution in [2.75, 3.05) is 5.32 Å². The van der Waals surface area contributed by atoms with Crippen LogP contribution in [0.4, 0.5) is 10.1 Å². The van der Waals surface area contributed by atoms with Crippen LogP contribution in [0.2, 0.25) is 0 Å². The molecule has 2 aromatic rings. The Balaban J connectivity index is 2.17. The topological polar surface area (TPSA) is 12.0 Å². The second-order valence-electron chi connectivity index (χ2n) is 3.88. The molecule has 1 nitrogen and oxygen atoms in total. The third-order valence-electron chi connectivity index (χ3n) is 2.61. The molecule has 0 fully saturated rings. The predicted octanol–water partition coefficient (Wildman–Crippen LogP) is 4.37. The Morgan fingerprint density at radius 3 is 2.81 bits per heavy atom. The lowest BCUT2D eigenvalue weighted by Crippen LogP contribution is -2.06. The molecular formula is C13H14FNS. The fourth-order valence-corrected chi connectivity index (χ4v) is 2.34. The maximum Gasteiger partial charge on any atom is 0.125 e. The molecule has 2 rings (SSSR count). The fraction of sp³-hybridized carbons (Fsp3) is 0.231. The summed E-state index contributed by atoms with van der Waals surface area (Å²) in [4.78, 5) is 0. The summed E-state index contributed by atoms with van der Waals surface area (Å²) >= 11 is 1.67. The highest BCUT2D eigenvalue weighted by atomic mass is 32.1. The molecular weight excluding hydrogens is 221 g/mol. The third-order valence-corrected chi connectivity index (χ3v) is 3.32. The molecule has 0 aliphatic heterocycles. The molecule has 0 amide bonds. The van der Waals surface area contributed by atoms with Crippen molar-refractivity contribution in [1.29, 1.82) is 0 Å². The standard InChI is InChI=1S/C13H14FNS/c1-9-3-4-12(14)7-13(9)15-10(2)11-5-6-16-8-11/h3-8,10,15H,1-2H3. The van der Waals surface area contributed by atoms with E-state index in [-0.39, 0.29) is 11.9 Å². The van der Waals surface area contributed by atoms with E-state index in [2.05, 4.69) is 23.7 Å². The monoisotopic (exact) mass is 235 g/mol. The van der Waals surface area contributed by atoms with Crippen molar-refractivity contribution in [3.63, 3.8) is 0 Å². The Hall–Kier alpha value is -1.35. The molecule has 1 aromatic carbocycles. The molecule has 0 radical (unpaired) electrons. The highest BCUT2D eigenvalue weighted by Crippen LogP contribution is 2.24. The molecule has 0 spiro atoms. The summed E-state index contributed by atoms with van der Waals surface area (Å²) in [6, 6.07) is 7.09. The van der Waals surface area contributed by atoms with Crippen LogP contribution in [0, 0.1) is 12.7 Å². The molecule has 0 aliphatic carbocycles. The number of rotatable bonds is 3. The van der Waals surface area contributed by atoms with E-state index in [9.17, 15) is 4.39 Å². The Bertz CT molecular complexity index is 465. The van der Waals surface area contributed by atoms with E-state index < -0.39 is 0 Å². The van der Waals surface area contributed by atoms with Crippen molar-refractivity contribution in [3.05, 3.63) is 52.0 Å². The number of aryl methyl sites for hydroxylation is 1. The van der Waals surface area contributed by atoms with Gasteiger partial charge in [0, 0.05) is 11.7 Å². The summed E-state index contributed by atoms with van der Waals surface area (Å²) in [5, 5.41) is 7.47. The van der Waals surface area contributed by atoms with Gasteiger partial charge in [-0.1, -0.05) is 6.07 Å². The molecule has 0 saturated heterocycles. The van der Waals surface area contributed by atoms with E-state index in [1.54, 1.807) is 17.4 Å². The van der Waals surface area contributed by atoms with Gasteiger partial charge in [0.2, 0.25) is 0 Å². The Morgan fingerprint density at radius 1 is 1.31 bits per heavy atom. The van der Waals surface area contributed by atoms with Crippen LogP contribution in [0.1, 0.15) is 24.1 Å². The number of anilines is 1. The van der Waals surface area contributed by atoms with Crippen LogP contribution in [0.5, 0.6) is 0 Å². The van der Waals surface area contributed by atoms with Gasteiger partial charge in [0.1, 0.15) is 5.82 Å². The van der Waals surface area contributed by atoms with Gasteiger partial charge in [-0.2, -0.15) is 11.3 Å². The maximum absolute atomic E-state index is 13.1. The molecule has 1 heterocycles. The molecule has 1 aromatic heterocycles. The lowest BCUT2D eigenvalue weighted by Gasteiger charge is -2.16. The molecule has 3 heteroatoms. The van der Waals surface area contributed by atoms with Gasteiger partial charge < -0.3 is 5.32 Å². The third kappa shape index (κ3) is 2.42. The molecule has 1 N–H and O–H groups in total. The van der Waals surface area contributed by atoms with Crippen LogP contribution in [0.25, 0.3) is 0 Å². The minimum Gasteiger partial charge on any atom is -0.378 e. The van der Waals surface area contributed by atoms with Crippen LogP contribution < -0.4 is 5.32 Å². The number of nitrogens with one attached hydrogen (secondary N) is 1. The summed E-state index contributed by atoms with van der Waals surface area (Å²) in [6.07, 6.45) is 0. The summed E-state index contributed by atoms with van der Waals surface area (Å²) in [5.41, 5.74) is 3.15. The van der Waals surface area contributed by atoms with Crippen molar-refractivity contribution in [3.8, 4) is 0 Å². The zero-order valence-corrected chi connectivity index (χ0v) is 10.1. The summed E-state index contributed by atoms with van der Waals surface area (Å²) in [7, 11) is 0. The quantitative estimate of drug-likeness (QED) is 0.833. The second-order valence-corrected chi connectivity index (χ2v) is 4.66. The molecule has 1 atom stereocenters. The van der Waals surface area contributed by atoms with Gasteiger partial charge in [-0.25, -0.2) is 4.39 Å². The largest absolute Gasteiger partial charge is 0.378 e. The van der Waals surface area contributed by atoms with Crippen LogP contribution in [-0.4, -0.2) is 0 Å². The maximum atomic E-state index is 13.1. The average molecular weight is 235 g/mol. The predicted molar refractivity (Wildman–Crippen MR) is 67.5 cm³/mol. The van der Waals surface area contributed by atoms with Gasteiger partial charge in [-0.05, 0) is 53.9 Å². The lowest BCUT2D eigenvalue weighted by atomic mass is 10.1. The summed E-state index contributed by atoms with van der Waals surface area (Å²) in [5.74, 6) is -0.203. The van der Waals surface area contributed by atoms with E-state index in [1.807, 2.05) is 12.3 Å². The van der Waals surface area contributed by atoms with E-state index in [4.69, 9.17) is 0 Å². The Kier molecular flexibility index (Phi) is 3.25. The Morgan fingerprint density at radius 2 is 2.12 bits per heavy atom. The molecule has 16 heavy (non-hydrogen) atoms. The van der Waals surface area contributed by atoms with Gasteiger partial charge in [-0.3, -0.25) is 0 Å².